The highest BCUT2D eigenvalue weighted by Gasteiger charge is 2.50. The number of halogens is 5. The lowest BCUT2D eigenvalue weighted by Gasteiger charge is -2.19. The Bertz CT molecular complexity index is 762. The van der Waals surface area contributed by atoms with Gasteiger partial charge in [0.25, 0.3) is 0 Å². The fourth-order valence-corrected chi connectivity index (χ4v) is 3.48. The second kappa shape index (κ2) is 5.05. The SMILES string of the molecule is O=S(=O)(Cl)C(c1ccc(Cl)c2cccnc12)C(F)(F)F. The van der Waals surface area contributed by atoms with Crippen molar-refractivity contribution in [2.45, 2.75) is 11.4 Å². The van der Waals surface area contributed by atoms with E-state index in [9.17, 15) is 21.6 Å². The topological polar surface area (TPSA) is 47.0 Å². The zero-order chi connectivity index (χ0) is 15.1. The number of aromatic nitrogens is 1. The molecule has 0 spiro atoms. The van der Waals surface area contributed by atoms with Gasteiger partial charge in [0.1, 0.15) is 0 Å². The third-order valence-corrected chi connectivity index (χ3v) is 4.56. The summed E-state index contributed by atoms with van der Waals surface area (Å²) in [7, 11) is 0.0341. The molecule has 0 radical (unpaired) electrons. The molecule has 1 atom stereocenters. The van der Waals surface area contributed by atoms with Crippen molar-refractivity contribution in [1.29, 1.82) is 0 Å². The summed E-state index contributed by atoms with van der Waals surface area (Å²) in [6.45, 7) is 0. The maximum absolute atomic E-state index is 13.0. The van der Waals surface area contributed by atoms with Gasteiger partial charge in [-0.2, -0.15) is 13.2 Å². The summed E-state index contributed by atoms with van der Waals surface area (Å²) >= 11 is 5.86. The van der Waals surface area contributed by atoms with Crippen molar-refractivity contribution in [1.82, 2.24) is 4.98 Å². The van der Waals surface area contributed by atoms with Crippen molar-refractivity contribution in [3.8, 4) is 0 Å². The molecule has 0 aliphatic carbocycles. The van der Waals surface area contributed by atoms with Crippen LogP contribution in [0.1, 0.15) is 10.8 Å². The van der Waals surface area contributed by atoms with Gasteiger partial charge in [-0.15, -0.1) is 0 Å². The molecule has 0 amide bonds. The van der Waals surface area contributed by atoms with E-state index in [1.54, 1.807) is 0 Å². The molecule has 0 bridgehead atoms. The molecule has 0 N–H and O–H groups in total. The molecule has 1 heterocycles. The average Bonchev–Trinajstić information content (AvgIpc) is 2.29. The number of benzene rings is 1. The lowest BCUT2D eigenvalue weighted by molar-refractivity contribution is -0.130. The molecular formula is C11H6Cl2F3NO2S. The van der Waals surface area contributed by atoms with Gasteiger partial charge in [0.2, 0.25) is 9.05 Å². The summed E-state index contributed by atoms with van der Waals surface area (Å²) in [6, 6.07) is 5.08. The molecule has 0 aliphatic heterocycles. The number of rotatable bonds is 2. The molecule has 20 heavy (non-hydrogen) atoms. The average molecular weight is 344 g/mol. The molecule has 0 saturated carbocycles. The second-order valence-electron chi connectivity index (χ2n) is 3.93. The third kappa shape index (κ3) is 2.84. The highest BCUT2D eigenvalue weighted by atomic mass is 35.7. The van der Waals surface area contributed by atoms with Gasteiger partial charge >= 0.3 is 6.18 Å². The van der Waals surface area contributed by atoms with Crippen molar-refractivity contribution in [3.05, 3.63) is 41.0 Å². The summed E-state index contributed by atoms with van der Waals surface area (Å²) in [5.41, 5.74) is -0.695. The quantitative estimate of drug-likeness (QED) is 0.772. The van der Waals surface area contributed by atoms with Gasteiger partial charge < -0.3 is 0 Å². The molecule has 1 aromatic heterocycles. The minimum absolute atomic E-state index is 0.147. The van der Waals surface area contributed by atoms with Gasteiger partial charge in [-0.05, 0) is 18.2 Å². The van der Waals surface area contributed by atoms with Crippen LogP contribution in [0.15, 0.2) is 30.5 Å². The zero-order valence-electron chi connectivity index (χ0n) is 9.53. The van der Waals surface area contributed by atoms with Crippen LogP contribution in [0.3, 0.4) is 0 Å². The summed E-state index contributed by atoms with van der Waals surface area (Å²) < 4.78 is 61.6. The largest absolute Gasteiger partial charge is 0.410 e. The summed E-state index contributed by atoms with van der Waals surface area (Å²) in [5.74, 6) is 0. The van der Waals surface area contributed by atoms with Crippen LogP contribution < -0.4 is 0 Å². The molecule has 108 valence electrons. The van der Waals surface area contributed by atoms with Crippen LogP contribution in [0.25, 0.3) is 10.9 Å². The first-order valence-corrected chi connectivity index (χ1v) is 7.90. The Kier molecular flexibility index (Phi) is 3.88. The molecular weight excluding hydrogens is 338 g/mol. The fraction of sp³-hybridized carbons (Fsp3) is 0.182. The molecule has 9 heteroatoms. The van der Waals surface area contributed by atoms with E-state index in [0.717, 1.165) is 6.07 Å². The van der Waals surface area contributed by atoms with E-state index in [2.05, 4.69) is 4.98 Å². The van der Waals surface area contributed by atoms with Crippen LogP contribution in [0.4, 0.5) is 13.2 Å². The van der Waals surface area contributed by atoms with Gasteiger partial charge in [-0.25, -0.2) is 8.42 Å². The molecule has 2 aromatic rings. The van der Waals surface area contributed by atoms with Crippen LogP contribution >= 0.6 is 22.3 Å². The molecule has 1 unspecified atom stereocenters. The van der Waals surface area contributed by atoms with Crippen LogP contribution in [0.2, 0.25) is 5.02 Å². The van der Waals surface area contributed by atoms with Crippen molar-refractivity contribution in [2.24, 2.45) is 0 Å². The number of fused-ring (bicyclic) bond motifs is 1. The Balaban J connectivity index is 2.83. The number of hydrogen-bond acceptors (Lipinski definition) is 3. The first-order valence-electron chi connectivity index (χ1n) is 5.15. The van der Waals surface area contributed by atoms with Crippen molar-refractivity contribution < 1.29 is 21.6 Å². The first-order chi connectivity index (χ1) is 9.12. The minimum atomic E-state index is -5.06. The Morgan fingerprint density at radius 2 is 1.85 bits per heavy atom. The Morgan fingerprint density at radius 3 is 2.40 bits per heavy atom. The number of hydrogen-bond donors (Lipinski definition) is 0. The monoisotopic (exact) mass is 343 g/mol. The first kappa shape index (κ1) is 15.3. The van der Waals surface area contributed by atoms with E-state index < -0.39 is 26.0 Å². The summed E-state index contributed by atoms with van der Waals surface area (Å²) in [5, 5.41) is -2.46. The maximum atomic E-state index is 13.0. The highest BCUT2D eigenvalue weighted by molar-refractivity contribution is 8.14. The third-order valence-electron chi connectivity index (χ3n) is 2.61. The smallest absolute Gasteiger partial charge is 0.256 e. The van der Waals surface area contributed by atoms with Gasteiger partial charge in [-0.1, -0.05) is 17.7 Å². The molecule has 2 rings (SSSR count). The van der Waals surface area contributed by atoms with Gasteiger partial charge in [-0.3, -0.25) is 4.98 Å². The van der Waals surface area contributed by atoms with E-state index >= 15 is 0 Å². The van der Waals surface area contributed by atoms with Crippen LogP contribution in [0, 0.1) is 0 Å². The number of alkyl halides is 3. The molecule has 1 aromatic carbocycles. The van der Waals surface area contributed by atoms with Crippen LogP contribution in [-0.4, -0.2) is 19.6 Å². The Labute approximate surface area is 121 Å². The number of pyridine rings is 1. The van der Waals surface area contributed by atoms with Crippen molar-refractivity contribution in [3.63, 3.8) is 0 Å². The van der Waals surface area contributed by atoms with Crippen LogP contribution in [-0.2, 0) is 9.05 Å². The second-order valence-corrected chi connectivity index (χ2v) is 7.05. The normalized spacial score (nSPS) is 14.4. The van der Waals surface area contributed by atoms with Gasteiger partial charge in [0, 0.05) is 32.9 Å². The van der Waals surface area contributed by atoms with Crippen LogP contribution in [0.5, 0.6) is 0 Å². The van der Waals surface area contributed by atoms with Crippen molar-refractivity contribution in [2.75, 3.05) is 0 Å². The maximum Gasteiger partial charge on any atom is 0.410 e. The van der Waals surface area contributed by atoms with E-state index in [0.29, 0.717) is 0 Å². The highest BCUT2D eigenvalue weighted by Crippen LogP contribution is 2.43. The summed E-state index contributed by atoms with van der Waals surface area (Å²) in [4.78, 5) is 3.78. The standard InChI is InChI=1S/C11H6Cl2F3NO2S/c12-8-4-3-7(9-6(8)2-1-5-17-9)10(11(14,15)16)20(13,18)19/h1-5,10H. The Morgan fingerprint density at radius 1 is 1.20 bits per heavy atom. The zero-order valence-corrected chi connectivity index (χ0v) is 11.9. The minimum Gasteiger partial charge on any atom is -0.256 e. The predicted octanol–water partition coefficient (Wildman–Crippen LogP) is 4.06. The van der Waals surface area contributed by atoms with E-state index in [4.69, 9.17) is 22.3 Å². The molecule has 3 nitrogen and oxygen atoms in total. The lowest BCUT2D eigenvalue weighted by Crippen LogP contribution is -2.26. The number of nitrogens with zero attached hydrogens (tertiary/aromatic N) is 1. The van der Waals surface area contributed by atoms with Crippen molar-refractivity contribution >= 4 is 42.2 Å². The summed E-state index contributed by atoms with van der Waals surface area (Å²) in [6.07, 6.45) is -3.81. The van der Waals surface area contributed by atoms with Gasteiger partial charge in [0.05, 0.1) is 5.52 Å². The fourth-order valence-electron chi connectivity index (χ4n) is 1.86. The molecule has 0 fully saturated rings. The predicted molar refractivity (Wildman–Crippen MR) is 70.3 cm³/mol. The molecule has 0 aliphatic rings. The van der Waals surface area contributed by atoms with Gasteiger partial charge in [0.15, 0.2) is 5.25 Å². The van der Waals surface area contributed by atoms with E-state index in [1.165, 1.54) is 24.4 Å². The van der Waals surface area contributed by atoms with E-state index in [1.807, 2.05) is 0 Å². The lowest BCUT2D eigenvalue weighted by atomic mass is 10.1. The molecule has 0 saturated heterocycles. The Hall–Kier alpha value is -1.05. The van der Waals surface area contributed by atoms with E-state index in [-0.39, 0.29) is 15.9 Å².